The maximum absolute atomic E-state index is 4.21. The van der Waals surface area contributed by atoms with Crippen molar-refractivity contribution in [2.75, 3.05) is 0 Å². The van der Waals surface area contributed by atoms with Gasteiger partial charge < -0.3 is 4.98 Å². The summed E-state index contributed by atoms with van der Waals surface area (Å²) >= 11 is 1.51. The van der Waals surface area contributed by atoms with Crippen molar-refractivity contribution >= 4 is 21.6 Å². The molecule has 3 nitrogen and oxygen atoms in total. The molecule has 0 bridgehead atoms. The van der Waals surface area contributed by atoms with Crippen LogP contribution in [-0.2, 0) is 0 Å². The van der Waals surface area contributed by atoms with Gasteiger partial charge in [0.05, 0.1) is 4.70 Å². The Morgan fingerprint density at radius 1 is 1.29 bits per heavy atom. The number of hydrogen-bond acceptors (Lipinski definition) is 3. The molecule has 1 N–H and O–H groups in total. The molecule has 68 valence electrons. The SMILES string of the molecule is c1c[nH]c(-c2ccc3sncc3c2)n1. The fourth-order valence-electron chi connectivity index (χ4n) is 1.44. The zero-order valence-electron chi connectivity index (χ0n) is 7.27. The fourth-order valence-corrected chi connectivity index (χ4v) is 2.07. The van der Waals surface area contributed by atoms with Crippen molar-refractivity contribution in [3.63, 3.8) is 0 Å². The first-order valence-corrected chi connectivity index (χ1v) is 5.05. The topological polar surface area (TPSA) is 41.6 Å². The van der Waals surface area contributed by atoms with Crippen LogP contribution in [0.1, 0.15) is 0 Å². The Bertz CT molecular complexity index is 554. The summed E-state index contributed by atoms with van der Waals surface area (Å²) in [5, 5.41) is 1.17. The number of aromatic amines is 1. The van der Waals surface area contributed by atoms with Gasteiger partial charge >= 0.3 is 0 Å². The monoisotopic (exact) mass is 201 g/mol. The van der Waals surface area contributed by atoms with E-state index in [4.69, 9.17) is 0 Å². The van der Waals surface area contributed by atoms with Gasteiger partial charge in [-0.15, -0.1) is 0 Å². The molecule has 0 saturated heterocycles. The van der Waals surface area contributed by atoms with Gasteiger partial charge in [-0.1, -0.05) is 0 Å². The molecular formula is C10H7N3S. The van der Waals surface area contributed by atoms with Crippen LogP contribution in [0, 0.1) is 0 Å². The second-order valence-corrected chi connectivity index (χ2v) is 3.85. The van der Waals surface area contributed by atoms with Gasteiger partial charge in [-0.05, 0) is 29.7 Å². The molecule has 2 heterocycles. The lowest BCUT2D eigenvalue weighted by molar-refractivity contribution is 1.31. The van der Waals surface area contributed by atoms with Crippen LogP contribution >= 0.6 is 11.5 Å². The van der Waals surface area contributed by atoms with Crippen LogP contribution < -0.4 is 0 Å². The van der Waals surface area contributed by atoms with E-state index >= 15 is 0 Å². The molecular weight excluding hydrogens is 194 g/mol. The molecule has 0 fully saturated rings. The normalized spacial score (nSPS) is 10.9. The number of rotatable bonds is 1. The van der Waals surface area contributed by atoms with E-state index in [2.05, 4.69) is 32.5 Å². The van der Waals surface area contributed by atoms with E-state index in [0.29, 0.717) is 0 Å². The fraction of sp³-hybridized carbons (Fsp3) is 0. The first kappa shape index (κ1) is 7.70. The predicted molar refractivity (Wildman–Crippen MR) is 57.2 cm³/mol. The van der Waals surface area contributed by atoms with Crippen LogP contribution in [0.25, 0.3) is 21.5 Å². The van der Waals surface area contributed by atoms with Gasteiger partial charge in [-0.3, -0.25) is 0 Å². The summed E-state index contributed by atoms with van der Waals surface area (Å²) in [6, 6.07) is 6.22. The number of H-pyrrole nitrogens is 1. The van der Waals surface area contributed by atoms with Crippen LogP contribution in [0.2, 0.25) is 0 Å². The molecule has 0 aliphatic rings. The van der Waals surface area contributed by atoms with Crippen LogP contribution in [0.15, 0.2) is 36.8 Å². The Morgan fingerprint density at radius 2 is 2.29 bits per heavy atom. The summed E-state index contributed by atoms with van der Waals surface area (Å²) in [7, 11) is 0. The Kier molecular flexibility index (Phi) is 1.61. The van der Waals surface area contributed by atoms with Gasteiger partial charge in [0.1, 0.15) is 5.82 Å². The van der Waals surface area contributed by atoms with Crippen molar-refractivity contribution in [1.82, 2.24) is 14.3 Å². The minimum absolute atomic E-state index is 0.901. The van der Waals surface area contributed by atoms with E-state index in [-0.39, 0.29) is 0 Å². The van der Waals surface area contributed by atoms with E-state index in [1.165, 1.54) is 21.6 Å². The maximum atomic E-state index is 4.21. The summed E-state index contributed by atoms with van der Waals surface area (Å²) < 4.78 is 5.34. The largest absolute Gasteiger partial charge is 0.345 e. The molecule has 1 aromatic carbocycles. The molecule has 3 aromatic rings. The van der Waals surface area contributed by atoms with Crippen LogP contribution in [0.3, 0.4) is 0 Å². The Hall–Kier alpha value is -1.68. The van der Waals surface area contributed by atoms with Crippen molar-refractivity contribution < 1.29 is 0 Å². The third-order valence-corrected chi connectivity index (χ3v) is 2.90. The number of benzene rings is 1. The van der Waals surface area contributed by atoms with Gasteiger partial charge in [-0.2, -0.15) is 4.37 Å². The van der Waals surface area contributed by atoms with Gasteiger partial charge in [0.2, 0.25) is 0 Å². The lowest BCUT2D eigenvalue weighted by atomic mass is 10.2. The van der Waals surface area contributed by atoms with E-state index in [1.54, 1.807) is 6.20 Å². The summed E-state index contributed by atoms with van der Waals surface area (Å²) in [5.41, 5.74) is 1.10. The third-order valence-electron chi connectivity index (χ3n) is 2.12. The highest BCUT2D eigenvalue weighted by Gasteiger charge is 2.01. The highest BCUT2D eigenvalue weighted by molar-refractivity contribution is 7.13. The van der Waals surface area contributed by atoms with Crippen molar-refractivity contribution in [2.45, 2.75) is 0 Å². The molecule has 0 unspecified atom stereocenters. The molecule has 0 spiro atoms. The predicted octanol–water partition coefficient (Wildman–Crippen LogP) is 2.69. The van der Waals surface area contributed by atoms with E-state index in [0.717, 1.165) is 11.4 Å². The van der Waals surface area contributed by atoms with Crippen LogP contribution in [0.5, 0.6) is 0 Å². The van der Waals surface area contributed by atoms with Crippen LogP contribution in [0.4, 0.5) is 0 Å². The standard InChI is InChI=1S/C10H7N3S/c1-2-9-8(6-13-14-9)5-7(1)10-11-3-4-12-10/h1-6H,(H,11,12). The average molecular weight is 201 g/mol. The number of nitrogens with zero attached hydrogens (tertiary/aromatic N) is 2. The molecule has 0 aliphatic carbocycles. The smallest absolute Gasteiger partial charge is 0.137 e. The Labute approximate surface area is 84.6 Å². The van der Waals surface area contributed by atoms with E-state index < -0.39 is 0 Å². The van der Waals surface area contributed by atoms with Gasteiger partial charge in [-0.25, -0.2) is 4.98 Å². The molecule has 3 rings (SSSR count). The van der Waals surface area contributed by atoms with Crippen molar-refractivity contribution in [2.24, 2.45) is 0 Å². The summed E-state index contributed by atoms with van der Waals surface area (Å²) in [4.78, 5) is 7.29. The molecule has 0 radical (unpaired) electrons. The minimum atomic E-state index is 0.901. The van der Waals surface area contributed by atoms with Gasteiger partial charge in [0, 0.05) is 29.5 Å². The molecule has 2 aromatic heterocycles. The van der Waals surface area contributed by atoms with Crippen molar-refractivity contribution in [1.29, 1.82) is 0 Å². The lowest BCUT2D eigenvalue weighted by Crippen LogP contribution is -1.78. The second-order valence-electron chi connectivity index (χ2n) is 3.02. The van der Waals surface area contributed by atoms with E-state index in [1.807, 2.05) is 12.4 Å². The first-order chi connectivity index (χ1) is 6.93. The minimum Gasteiger partial charge on any atom is -0.345 e. The highest BCUT2D eigenvalue weighted by Crippen LogP contribution is 2.23. The Morgan fingerprint density at radius 3 is 3.14 bits per heavy atom. The van der Waals surface area contributed by atoms with Crippen molar-refractivity contribution in [3.05, 3.63) is 36.8 Å². The number of imidazole rings is 1. The third kappa shape index (κ3) is 1.12. The summed E-state index contributed by atoms with van der Waals surface area (Å²) in [5.74, 6) is 0.901. The maximum Gasteiger partial charge on any atom is 0.137 e. The van der Waals surface area contributed by atoms with Crippen LogP contribution in [-0.4, -0.2) is 14.3 Å². The Balaban J connectivity index is 2.23. The molecule has 14 heavy (non-hydrogen) atoms. The van der Waals surface area contributed by atoms with E-state index in [9.17, 15) is 0 Å². The number of fused-ring (bicyclic) bond motifs is 1. The van der Waals surface area contributed by atoms with Gasteiger partial charge in [0.15, 0.2) is 0 Å². The molecule has 0 aliphatic heterocycles. The first-order valence-electron chi connectivity index (χ1n) is 4.28. The summed E-state index contributed by atoms with van der Waals surface area (Å²) in [6.07, 6.45) is 5.46. The lowest BCUT2D eigenvalue weighted by Gasteiger charge is -1.95. The number of hydrogen-bond donors (Lipinski definition) is 1. The molecule has 0 atom stereocenters. The zero-order valence-corrected chi connectivity index (χ0v) is 8.08. The number of nitrogens with one attached hydrogen (secondary N) is 1. The molecule has 4 heteroatoms. The number of aromatic nitrogens is 3. The molecule has 0 amide bonds. The highest BCUT2D eigenvalue weighted by atomic mass is 32.1. The molecule has 0 saturated carbocycles. The second kappa shape index (κ2) is 2.92. The van der Waals surface area contributed by atoms with Crippen molar-refractivity contribution in [3.8, 4) is 11.4 Å². The summed E-state index contributed by atoms with van der Waals surface area (Å²) in [6.45, 7) is 0. The quantitative estimate of drug-likeness (QED) is 0.657. The zero-order chi connectivity index (χ0) is 9.38. The van der Waals surface area contributed by atoms with Gasteiger partial charge in [0.25, 0.3) is 0 Å². The average Bonchev–Trinajstić information content (AvgIpc) is 2.88.